The van der Waals surface area contributed by atoms with Gasteiger partial charge in [0.15, 0.2) is 0 Å². The highest BCUT2D eigenvalue weighted by atomic mass is 16.1. The van der Waals surface area contributed by atoms with E-state index in [4.69, 9.17) is 5.73 Å². The van der Waals surface area contributed by atoms with E-state index < -0.39 is 0 Å². The zero-order valence-corrected chi connectivity index (χ0v) is 8.55. The number of rotatable bonds is 4. The Balaban J connectivity index is 2.39. The molecule has 0 aromatic carbocycles. The average Bonchev–Trinajstić information content (AvgIpc) is 2.34. The molecular weight excluding hydrogens is 164 g/mol. The van der Waals surface area contributed by atoms with Crippen LogP contribution in [-0.4, -0.2) is 18.5 Å². The minimum absolute atomic E-state index is 0.164. The number of primary amides is 1. The molecule has 2 atom stereocenters. The molecule has 0 radical (unpaired) electrons. The predicted molar refractivity (Wildman–Crippen MR) is 53.2 cm³/mol. The van der Waals surface area contributed by atoms with Crippen molar-refractivity contribution in [3.8, 4) is 0 Å². The topological polar surface area (TPSA) is 55.1 Å². The molecule has 0 saturated carbocycles. The van der Waals surface area contributed by atoms with Crippen molar-refractivity contribution in [3.63, 3.8) is 0 Å². The normalized spacial score (nSPS) is 28.2. The number of carbonyl (C=O) groups is 1. The standard InChI is InChI=1S/C10H20N2O/c1-7(2)5-9-8(3-4-12-9)6-10(11)13/h7-9,12H,3-6H2,1-2H3,(H2,11,13)/t8-,9-/m1/s1. The fourth-order valence-electron chi connectivity index (χ4n) is 2.11. The maximum absolute atomic E-state index is 10.8. The molecule has 1 aliphatic rings. The number of nitrogens with two attached hydrogens (primary N) is 1. The summed E-state index contributed by atoms with van der Waals surface area (Å²) < 4.78 is 0. The van der Waals surface area contributed by atoms with E-state index in [1.165, 1.54) is 0 Å². The Morgan fingerprint density at radius 1 is 1.62 bits per heavy atom. The van der Waals surface area contributed by atoms with E-state index in [0.29, 0.717) is 24.3 Å². The van der Waals surface area contributed by atoms with E-state index in [9.17, 15) is 4.79 Å². The second kappa shape index (κ2) is 4.61. The van der Waals surface area contributed by atoms with Gasteiger partial charge in [-0.3, -0.25) is 4.79 Å². The Bertz CT molecular complexity index is 180. The molecule has 1 rings (SSSR count). The van der Waals surface area contributed by atoms with Crippen molar-refractivity contribution in [1.82, 2.24) is 5.32 Å². The third kappa shape index (κ3) is 3.35. The second-order valence-corrected chi connectivity index (χ2v) is 4.41. The van der Waals surface area contributed by atoms with Crippen LogP contribution in [0.15, 0.2) is 0 Å². The Labute approximate surface area is 80.1 Å². The van der Waals surface area contributed by atoms with Crippen molar-refractivity contribution in [2.24, 2.45) is 17.6 Å². The number of hydrogen-bond acceptors (Lipinski definition) is 2. The molecule has 3 nitrogen and oxygen atoms in total. The highest BCUT2D eigenvalue weighted by Crippen LogP contribution is 2.23. The Hall–Kier alpha value is -0.570. The summed E-state index contributed by atoms with van der Waals surface area (Å²) in [7, 11) is 0. The first-order valence-electron chi connectivity index (χ1n) is 5.11. The number of amides is 1. The fourth-order valence-corrected chi connectivity index (χ4v) is 2.11. The van der Waals surface area contributed by atoms with Crippen molar-refractivity contribution in [1.29, 1.82) is 0 Å². The van der Waals surface area contributed by atoms with Gasteiger partial charge in [0.05, 0.1) is 0 Å². The molecule has 0 spiro atoms. The lowest BCUT2D eigenvalue weighted by Crippen LogP contribution is -2.31. The molecule has 0 aliphatic carbocycles. The van der Waals surface area contributed by atoms with Gasteiger partial charge in [0.25, 0.3) is 0 Å². The summed E-state index contributed by atoms with van der Waals surface area (Å²) in [6.07, 6.45) is 2.79. The molecule has 0 aromatic rings. The molecule has 1 aliphatic heterocycles. The molecule has 1 saturated heterocycles. The lowest BCUT2D eigenvalue weighted by atomic mass is 9.90. The summed E-state index contributed by atoms with van der Waals surface area (Å²) in [6.45, 7) is 5.46. The minimum atomic E-state index is -0.164. The van der Waals surface area contributed by atoms with Gasteiger partial charge in [-0.15, -0.1) is 0 Å². The molecule has 13 heavy (non-hydrogen) atoms. The van der Waals surface area contributed by atoms with Gasteiger partial charge in [-0.05, 0) is 31.2 Å². The SMILES string of the molecule is CC(C)C[C@H]1NCC[C@@H]1CC(N)=O. The van der Waals surface area contributed by atoms with Crippen molar-refractivity contribution in [3.05, 3.63) is 0 Å². The largest absolute Gasteiger partial charge is 0.370 e. The van der Waals surface area contributed by atoms with Crippen LogP contribution in [0.5, 0.6) is 0 Å². The number of nitrogens with one attached hydrogen (secondary N) is 1. The van der Waals surface area contributed by atoms with Crippen LogP contribution >= 0.6 is 0 Å². The minimum Gasteiger partial charge on any atom is -0.370 e. The predicted octanol–water partition coefficient (Wildman–Crippen LogP) is 0.886. The van der Waals surface area contributed by atoms with E-state index in [1.54, 1.807) is 0 Å². The summed E-state index contributed by atoms with van der Waals surface area (Å²) in [6, 6.07) is 0.507. The summed E-state index contributed by atoms with van der Waals surface area (Å²) in [5.41, 5.74) is 5.20. The molecule has 1 heterocycles. The van der Waals surface area contributed by atoms with Crippen LogP contribution in [-0.2, 0) is 4.79 Å². The third-order valence-electron chi connectivity index (χ3n) is 2.68. The zero-order valence-electron chi connectivity index (χ0n) is 8.55. The molecule has 76 valence electrons. The van der Waals surface area contributed by atoms with Gasteiger partial charge in [0, 0.05) is 12.5 Å². The first-order valence-corrected chi connectivity index (χ1v) is 5.11. The lowest BCUT2D eigenvalue weighted by molar-refractivity contribution is -0.119. The number of hydrogen-bond donors (Lipinski definition) is 2. The van der Waals surface area contributed by atoms with Gasteiger partial charge in [-0.1, -0.05) is 13.8 Å². The van der Waals surface area contributed by atoms with Crippen molar-refractivity contribution < 1.29 is 4.79 Å². The van der Waals surface area contributed by atoms with Gasteiger partial charge in [-0.25, -0.2) is 0 Å². The average molecular weight is 184 g/mol. The Morgan fingerprint density at radius 2 is 2.31 bits per heavy atom. The van der Waals surface area contributed by atoms with Crippen LogP contribution in [0.3, 0.4) is 0 Å². The van der Waals surface area contributed by atoms with Gasteiger partial charge in [0.1, 0.15) is 0 Å². The highest BCUT2D eigenvalue weighted by molar-refractivity contribution is 5.74. The Kier molecular flexibility index (Phi) is 3.72. The second-order valence-electron chi connectivity index (χ2n) is 4.41. The molecule has 0 unspecified atom stereocenters. The molecular formula is C10H20N2O. The van der Waals surface area contributed by atoms with E-state index in [2.05, 4.69) is 19.2 Å². The van der Waals surface area contributed by atoms with Gasteiger partial charge in [-0.2, -0.15) is 0 Å². The van der Waals surface area contributed by atoms with Crippen molar-refractivity contribution >= 4 is 5.91 Å². The van der Waals surface area contributed by atoms with Gasteiger partial charge < -0.3 is 11.1 Å². The van der Waals surface area contributed by atoms with E-state index >= 15 is 0 Å². The van der Waals surface area contributed by atoms with Crippen molar-refractivity contribution in [2.45, 2.75) is 39.2 Å². The molecule has 3 heteroatoms. The van der Waals surface area contributed by atoms with E-state index in [1.807, 2.05) is 0 Å². The maximum Gasteiger partial charge on any atom is 0.217 e. The third-order valence-corrected chi connectivity index (χ3v) is 2.68. The van der Waals surface area contributed by atoms with E-state index in [-0.39, 0.29) is 5.91 Å². The van der Waals surface area contributed by atoms with Crippen LogP contribution in [0.2, 0.25) is 0 Å². The van der Waals surface area contributed by atoms with Crippen LogP contribution in [0.25, 0.3) is 0 Å². The van der Waals surface area contributed by atoms with Crippen LogP contribution in [0.4, 0.5) is 0 Å². The Morgan fingerprint density at radius 3 is 2.85 bits per heavy atom. The van der Waals surface area contributed by atoms with Crippen LogP contribution in [0.1, 0.15) is 33.1 Å². The summed E-state index contributed by atoms with van der Waals surface area (Å²) >= 11 is 0. The first kappa shape index (κ1) is 10.5. The molecule has 1 fully saturated rings. The van der Waals surface area contributed by atoms with Crippen molar-refractivity contribution in [2.75, 3.05) is 6.54 Å². The monoisotopic (exact) mass is 184 g/mol. The lowest BCUT2D eigenvalue weighted by Gasteiger charge is -2.19. The molecule has 3 N–H and O–H groups in total. The fraction of sp³-hybridized carbons (Fsp3) is 0.900. The van der Waals surface area contributed by atoms with E-state index in [0.717, 1.165) is 19.4 Å². The smallest absolute Gasteiger partial charge is 0.217 e. The van der Waals surface area contributed by atoms with Crippen LogP contribution in [0, 0.1) is 11.8 Å². The molecule has 0 aromatic heterocycles. The first-order chi connectivity index (χ1) is 6.09. The highest BCUT2D eigenvalue weighted by Gasteiger charge is 2.28. The maximum atomic E-state index is 10.8. The molecule has 0 bridgehead atoms. The van der Waals surface area contributed by atoms with Gasteiger partial charge in [0.2, 0.25) is 5.91 Å². The quantitative estimate of drug-likeness (QED) is 0.681. The van der Waals surface area contributed by atoms with Gasteiger partial charge >= 0.3 is 0 Å². The van der Waals surface area contributed by atoms with Crippen LogP contribution < -0.4 is 11.1 Å². The summed E-state index contributed by atoms with van der Waals surface area (Å²) in [4.78, 5) is 10.8. The summed E-state index contributed by atoms with van der Waals surface area (Å²) in [5, 5.41) is 3.44. The number of carbonyl (C=O) groups excluding carboxylic acids is 1. The molecule has 1 amide bonds. The zero-order chi connectivity index (χ0) is 9.84. The summed E-state index contributed by atoms with van der Waals surface area (Å²) in [5.74, 6) is 0.994.